The first-order valence-corrected chi connectivity index (χ1v) is 12.7. The van der Waals surface area contributed by atoms with Gasteiger partial charge in [-0.05, 0) is 31.1 Å². The summed E-state index contributed by atoms with van der Waals surface area (Å²) >= 11 is 1.67. The van der Waals surface area contributed by atoms with Gasteiger partial charge in [-0.15, -0.1) is 0 Å². The summed E-state index contributed by atoms with van der Waals surface area (Å²) in [7, 11) is 4.31. The molecule has 0 radical (unpaired) electrons. The minimum Gasteiger partial charge on any atom is -0.493 e. The summed E-state index contributed by atoms with van der Waals surface area (Å²) in [4.78, 5) is 39.8. The summed E-state index contributed by atoms with van der Waals surface area (Å²) in [5, 5.41) is 3.26. The Bertz CT molecular complexity index is 1060. The molecule has 0 aromatic heterocycles. The number of hydrogen-bond acceptors (Lipinski definition) is 9. The summed E-state index contributed by atoms with van der Waals surface area (Å²) in [6.45, 7) is 5.93. The van der Waals surface area contributed by atoms with Crippen LogP contribution in [0.5, 0.6) is 11.5 Å². The van der Waals surface area contributed by atoms with Crippen LogP contribution in [0.25, 0.3) is 0 Å². The van der Waals surface area contributed by atoms with Crippen molar-refractivity contribution >= 4 is 29.5 Å². The molecule has 0 fully saturated rings. The van der Waals surface area contributed by atoms with Crippen molar-refractivity contribution in [2.75, 3.05) is 39.4 Å². The summed E-state index contributed by atoms with van der Waals surface area (Å²) in [5.74, 6) is -1.02. The Kier molecular flexibility index (Phi) is 8.88. The molecule has 2 aliphatic rings. The Morgan fingerprint density at radius 2 is 1.91 bits per heavy atom. The van der Waals surface area contributed by atoms with Crippen molar-refractivity contribution in [3.8, 4) is 11.5 Å². The molecule has 1 heterocycles. The van der Waals surface area contributed by atoms with Crippen molar-refractivity contribution in [1.29, 1.82) is 0 Å². The monoisotopic (exact) mass is 503 g/mol. The Balaban J connectivity index is 2.18. The lowest BCUT2D eigenvalue weighted by molar-refractivity contribution is -0.151. The lowest BCUT2D eigenvalue weighted by Crippen LogP contribution is -2.43. The van der Waals surface area contributed by atoms with E-state index in [1.165, 1.54) is 21.3 Å². The van der Waals surface area contributed by atoms with E-state index in [-0.39, 0.29) is 18.3 Å². The molecule has 0 bridgehead atoms. The Morgan fingerprint density at radius 3 is 2.54 bits per heavy atom. The largest absolute Gasteiger partial charge is 0.493 e. The number of Topliss-reactive ketones (excluding diaryl/α,β-unsaturated/α-hetero) is 1. The van der Waals surface area contributed by atoms with Crippen LogP contribution in [0, 0.1) is 11.8 Å². The van der Waals surface area contributed by atoms with Gasteiger partial charge in [-0.3, -0.25) is 9.59 Å². The second-order valence-electron chi connectivity index (χ2n) is 8.45. The highest BCUT2D eigenvalue weighted by Crippen LogP contribution is 2.49. The summed E-state index contributed by atoms with van der Waals surface area (Å²) in [6, 6.07) is 5.33. The molecule has 0 saturated heterocycles. The van der Waals surface area contributed by atoms with Crippen molar-refractivity contribution in [2.24, 2.45) is 11.8 Å². The first kappa shape index (κ1) is 26.7. The van der Waals surface area contributed by atoms with Gasteiger partial charge in [0.25, 0.3) is 0 Å². The minimum absolute atomic E-state index is 0.248. The molecule has 1 aliphatic carbocycles. The zero-order valence-corrected chi connectivity index (χ0v) is 21.9. The molecule has 35 heavy (non-hydrogen) atoms. The van der Waals surface area contributed by atoms with E-state index in [4.69, 9.17) is 18.9 Å². The van der Waals surface area contributed by atoms with Crippen molar-refractivity contribution in [2.45, 2.75) is 33.1 Å². The number of esters is 2. The average molecular weight is 504 g/mol. The highest BCUT2D eigenvalue weighted by Gasteiger charge is 2.48. The predicted octanol–water partition coefficient (Wildman–Crippen LogP) is 3.61. The van der Waals surface area contributed by atoms with Crippen LogP contribution in [0.1, 0.15) is 38.7 Å². The maximum Gasteiger partial charge on any atom is 0.336 e. The first-order valence-electron chi connectivity index (χ1n) is 11.6. The summed E-state index contributed by atoms with van der Waals surface area (Å²) < 4.78 is 21.7. The molecular formula is C26H33NO7S. The molecule has 3 rings (SSSR count). The van der Waals surface area contributed by atoms with Gasteiger partial charge in [-0.1, -0.05) is 26.0 Å². The number of carbonyl (C=O) groups is 3. The number of ketones is 1. The van der Waals surface area contributed by atoms with Crippen molar-refractivity contribution in [3.63, 3.8) is 0 Å². The van der Waals surface area contributed by atoms with Gasteiger partial charge in [0.05, 0.1) is 32.8 Å². The van der Waals surface area contributed by atoms with Crippen LogP contribution in [0.15, 0.2) is 40.7 Å². The molecule has 1 aromatic carbocycles. The van der Waals surface area contributed by atoms with E-state index in [1.807, 2.05) is 13.8 Å². The van der Waals surface area contributed by atoms with Gasteiger partial charge in [-0.2, -0.15) is 11.8 Å². The molecule has 1 aliphatic heterocycles. The van der Waals surface area contributed by atoms with Crippen LogP contribution >= 0.6 is 11.8 Å². The van der Waals surface area contributed by atoms with Crippen molar-refractivity contribution < 1.29 is 33.3 Å². The molecule has 8 nitrogen and oxygen atoms in total. The van der Waals surface area contributed by atoms with Gasteiger partial charge >= 0.3 is 11.9 Å². The van der Waals surface area contributed by atoms with Gasteiger partial charge in [0.2, 0.25) is 0 Å². The summed E-state index contributed by atoms with van der Waals surface area (Å²) in [5.41, 5.74) is 2.53. The zero-order valence-electron chi connectivity index (χ0n) is 21.1. The summed E-state index contributed by atoms with van der Waals surface area (Å²) in [6.07, 6.45) is 0.455. The number of rotatable bonds is 9. The minimum atomic E-state index is -0.962. The third-order valence-electron chi connectivity index (χ3n) is 6.37. The van der Waals surface area contributed by atoms with E-state index in [1.54, 1.807) is 36.9 Å². The predicted molar refractivity (Wildman–Crippen MR) is 133 cm³/mol. The molecular weight excluding hydrogens is 470 g/mol. The molecule has 0 saturated carbocycles. The maximum atomic E-state index is 13.8. The molecule has 190 valence electrons. The molecule has 3 atom stereocenters. The SMILES string of the molecule is CCSCCOC(=O)C1=C(C)NC2=C(C(=O)[C@H](C(=O)OC)[C@H](C)C2)[C@H]1c1cccc(OC)c1OC. The number of carbonyl (C=O) groups excluding carboxylic acids is 3. The van der Waals surface area contributed by atoms with Crippen LogP contribution in [-0.4, -0.2) is 57.2 Å². The number of benzene rings is 1. The van der Waals surface area contributed by atoms with E-state index in [0.29, 0.717) is 51.8 Å². The van der Waals surface area contributed by atoms with Crippen LogP contribution in [-0.2, 0) is 23.9 Å². The number of dihydropyridines is 1. The standard InChI is InChI=1S/C26H33NO7S/c1-7-35-12-11-34-26(30)20-15(3)27-17-13-14(2)19(25(29)33-6)23(28)22(17)21(20)16-9-8-10-18(31-4)24(16)32-5/h8-10,14,19,21,27H,7,11-13H2,1-6H3/t14-,19-,21+/m1/s1. The average Bonchev–Trinajstić information content (AvgIpc) is 2.84. The van der Waals surface area contributed by atoms with Gasteiger partial charge in [0.1, 0.15) is 12.5 Å². The molecule has 1 N–H and O–H groups in total. The highest BCUT2D eigenvalue weighted by molar-refractivity contribution is 7.99. The van der Waals surface area contributed by atoms with Crippen LogP contribution in [0.4, 0.5) is 0 Å². The first-order chi connectivity index (χ1) is 16.8. The Hall–Kier alpha value is -2.94. The zero-order chi connectivity index (χ0) is 25.7. The number of thioether (sulfide) groups is 1. The van der Waals surface area contributed by atoms with E-state index in [9.17, 15) is 14.4 Å². The second-order valence-corrected chi connectivity index (χ2v) is 9.84. The van der Waals surface area contributed by atoms with E-state index < -0.39 is 23.8 Å². The quantitative estimate of drug-likeness (QED) is 0.308. The van der Waals surface area contributed by atoms with Gasteiger partial charge in [-0.25, -0.2) is 4.79 Å². The fraction of sp³-hybridized carbons (Fsp3) is 0.500. The Labute approximate surface area is 210 Å². The van der Waals surface area contributed by atoms with Crippen LogP contribution in [0.2, 0.25) is 0 Å². The lowest BCUT2D eigenvalue weighted by Gasteiger charge is -2.38. The highest BCUT2D eigenvalue weighted by atomic mass is 32.2. The van der Waals surface area contributed by atoms with E-state index in [2.05, 4.69) is 5.32 Å². The van der Waals surface area contributed by atoms with Gasteiger partial charge in [0, 0.05) is 28.3 Å². The number of allylic oxidation sites excluding steroid dienone is 3. The van der Waals surface area contributed by atoms with Crippen LogP contribution < -0.4 is 14.8 Å². The molecule has 0 amide bonds. The molecule has 0 spiro atoms. The number of nitrogens with one attached hydrogen (secondary N) is 1. The van der Waals surface area contributed by atoms with Gasteiger partial charge < -0.3 is 24.3 Å². The van der Waals surface area contributed by atoms with Crippen molar-refractivity contribution in [3.05, 3.63) is 46.3 Å². The normalized spacial score (nSPS) is 21.8. The third kappa shape index (κ3) is 5.19. The van der Waals surface area contributed by atoms with E-state index in [0.717, 1.165) is 5.75 Å². The van der Waals surface area contributed by atoms with Crippen LogP contribution in [0.3, 0.4) is 0 Å². The molecule has 9 heteroatoms. The molecule has 1 aromatic rings. The third-order valence-corrected chi connectivity index (χ3v) is 7.24. The molecule has 0 unspecified atom stereocenters. The fourth-order valence-corrected chi connectivity index (χ4v) is 5.31. The fourth-order valence-electron chi connectivity index (χ4n) is 4.82. The number of para-hydroxylation sites is 1. The number of ether oxygens (including phenoxy) is 4. The number of methoxy groups -OCH3 is 3. The second kappa shape index (κ2) is 11.7. The van der Waals surface area contributed by atoms with E-state index >= 15 is 0 Å². The lowest BCUT2D eigenvalue weighted by atomic mass is 9.69. The Morgan fingerprint density at radius 1 is 1.17 bits per heavy atom. The maximum absolute atomic E-state index is 13.8. The topological polar surface area (TPSA) is 100 Å². The van der Waals surface area contributed by atoms with Gasteiger partial charge in [0.15, 0.2) is 17.3 Å². The van der Waals surface area contributed by atoms with Crippen molar-refractivity contribution in [1.82, 2.24) is 5.32 Å². The smallest absolute Gasteiger partial charge is 0.336 e. The number of hydrogen-bond donors (Lipinski definition) is 1.